The van der Waals surface area contributed by atoms with E-state index in [0.29, 0.717) is 6.54 Å². The standard InChI is InChI=1S/C12H14BrN3OS/c1-2-5-14-12-15-6-10(18-12)8-16-7-9(13)3-4-11(16)17/h3-4,6-7H,2,5,8H2,1H3,(H,14,15). The van der Waals surface area contributed by atoms with Gasteiger partial charge in [0, 0.05) is 34.4 Å². The molecule has 4 nitrogen and oxygen atoms in total. The minimum Gasteiger partial charge on any atom is -0.362 e. The lowest BCUT2D eigenvalue weighted by molar-refractivity contribution is 0.765. The zero-order valence-corrected chi connectivity index (χ0v) is 12.4. The van der Waals surface area contributed by atoms with Crippen LogP contribution in [0.1, 0.15) is 18.2 Å². The Kier molecular flexibility index (Phi) is 4.54. The van der Waals surface area contributed by atoms with Gasteiger partial charge >= 0.3 is 0 Å². The molecule has 6 heteroatoms. The zero-order valence-electron chi connectivity index (χ0n) is 10.0. The summed E-state index contributed by atoms with van der Waals surface area (Å²) >= 11 is 4.95. The van der Waals surface area contributed by atoms with Crippen LogP contribution in [0.25, 0.3) is 0 Å². The minimum absolute atomic E-state index is 0.00494. The lowest BCUT2D eigenvalue weighted by Crippen LogP contribution is -2.18. The summed E-state index contributed by atoms with van der Waals surface area (Å²) < 4.78 is 2.57. The summed E-state index contributed by atoms with van der Waals surface area (Å²) in [6, 6.07) is 3.31. The summed E-state index contributed by atoms with van der Waals surface area (Å²) in [6.45, 7) is 3.59. The molecule has 0 saturated heterocycles. The molecule has 0 aromatic carbocycles. The lowest BCUT2D eigenvalue weighted by atomic mass is 10.4. The van der Waals surface area contributed by atoms with Gasteiger partial charge < -0.3 is 9.88 Å². The lowest BCUT2D eigenvalue weighted by Gasteiger charge is -2.03. The summed E-state index contributed by atoms with van der Waals surface area (Å²) in [5.74, 6) is 0. The smallest absolute Gasteiger partial charge is 0.250 e. The first-order valence-corrected chi connectivity index (χ1v) is 7.34. The molecule has 0 aliphatic heterocycles. The summed E-state index contributed by atoms with van der Waals surface area (Å²) in [5.41, 5.74) is -0.00494. The summed E-state index contributed by atoms with van der Waals surface area (Å²) in [6.07, 6.45) is 4.68. The Labute approximate surface area is 118 Å². The molecule has 0 aliphatic rings. The molecule has 1 N–H and O–H groups in total. The van der Waals surface area contributed by atoms with Crippen LogP contribution in [0.4, 0.5) is 5.13 Å². The first-order valence-electron chi connectivity index (χ1n) is 5.73. The third-order valence-corrected chi connectivity index (χ3v) is 3.76. The van der Waals surface area contributed by atoms with Crippen molar-refractivity contribution in [2.75, 3.05) is 11.9 Å². The van der Waals surface area contributed by atoms with E-state index in [1.165, 1.54) is 0 Å². The average Bonchev–Trinajstić information content (AvgIpc) is 2.79. The predicted molar refractivity (Wildman–Crippen MR) is 78.4 cm³/mol. The number of nitrogens with zero attached hydrogens (tertiary/aromatic N) is 2. The summed E-state index contributed by atoms with van der Waals surface area (Å²) in [7, 11) is 0. The fraction of sp³-hybridized carbons (Fsp3) is 0.333. The Balaban J connectivity index is 2.11. The Morgan fingerprint density at radius 1 is 1.50 bits per heavy atom. The van der Waals surface area contributed by atoms with Crippen molar-refractivity contribution in [2.45, 2.75) is 19.9 Å². The van der Waals surface area contributed by atoms with Gasteiger partial charge in [0.05, 0.1) is 6.54 Å². The Bertz CT molecular complexity index is 579. The molecule has 0 atom stereocenters. The van der Waals surface area contributed by atoms with Crippen LogP contribution in [-0.4, -0.2) is 16.1 Å². The van der Waals surface area contributed by atoms with Gasteiger partial charge in [0.1, 0.15) is 0 Å². The SMILES string of the molecule is CCCNc1ncc(Cn2cc(Br)ccc2=O)s1. The van der Waals surface area contributed by atoms with Gasteiger partial charge in [-0.25, -0.2) is 4.98 Å². The zero-order chi connectivity index (χ0) is 13.0. The number of pyridine rings is 1. The summed E-state index contributed by atoms with van der Waals surface area (Å²) in [5, 5.41) is 4.15. The van der Waals surface area contributed by atoms with E-state index in [2.05, 4.69) is 33.2 Å². The van der Waals surface area contributed by atoms with E-state index < -0.39 is 0 Å². The molecule has 0 radical (unpaired) electrons. The predicted octanol–water partition coefficient (Wildman–Crippen LogP) is 2.94. The molecule has 0 bridgehead atoms. The molecule has 2 heterocycles. The van der Waals surface area contributed by atoms with Crippen LogP contribution in [0.3, 0.4) is 0 Å². The first-order chi connectivity index (χ1) is 8.69. The van der Waals surface area contributed by atoms with Crippen molar-refractivity contribution >= 4 is 32.4 Å². The van der Waals surface area contributed by atoms with Gasteiger partial charge in [0.15, 0.2) is 5.13 Å². The molecule has 0 fully saturated rings. The molecular formula is C12H14BrN3OS. The van der Waals surface area contributed by atoms with E-state index >= 15 is 0 Å². The first kappa shape index (κ1) is 13.3. The molecular weight excluding hydrogens is 314 g/mol. The maximum Gasteiger partial charge on any atom is 0.250 e. The van der Waals surface area contributed by atoms with E-state index in [0.717, 1.165) is 27.4 Å². The number of hydrogen-bond donors (Lipinski definition) is 1. The third kappa shape index (κ3) is 3.43. The van der Waals surface area contributed by atoms with Gasteiger partial charge in [-0.3, -0.25) is 4.79 Å². The molecule has 2 rings (SSSR count). The molecule has 18 heavy (non-hydrogen) atoms. The van der Waals surface area contributed by atoms with Gasteiger partial charge in [-0.1, -0.05) is 6.92 Å². The van der Waals surface area contributed by atoms with Crippen molar-refractivity contribution in [1.29, 1.82) is 0 Å². The number of rotatable bonds is 5. The van der Waals surface area contributed by atoms with E-state index in [1.807, 2.05) is 6.20 Å². The largest absolute Gasteiger partial charge is 0.362 e. The number of aromatic nitrogens is 2. The van der Waals surface area contributed by atoms with Crippen molar-refractivity contribution in [3.05, 3.63) is 44.2 Å². The monoisotopic (exact) mass is 327 g/mol. The highest BCUT2D eigenvalue weighted by molar-refractivity contribution is 9.10. The van der Waals surface area contributed by atoms with Crippen LogP contribution >= 0.6 is 27.3 Å². The maximum atomic E-state index is 11.7. The van der Waals surface area contributed by atoms with E-state index in [-0.39, 0.29) is 5.56 Å². The summed E-state index contributed by atoms with van der Waals surface area (Å²) in [4.78, 5) is 17.0. The Morgan fingerprint density at radius 3 is 3.11 bits per heavy atom. The molecule has 2 aromatic rings. The van der Waals surface area contributed by atoms with Gasteiger partial charge in [-0.05, 0) is 28.4 Å². The van der Waals surface area contributed by atoms with Crippen molar-refractivity contribution in [1.82, 2.24) is 9.55 Å². The fourth-order valence-corrected chi connectivity index (χ4v) is 2.70. The molecule has 0 saturated carbocycles. The van der Waals surface area contributed by atoms with E-state index in [4.69, 9.17) is 0 Å². The molecule has 0 amide bonds. The fourth-order valence-electron chi connectivity index (χ4n) is 1.49. The Hall–Kier alpha value is -1.14. The minimum atomic E-state index is -0.00494. The number of hydrogen-bond acceptors (Lipinski definition) is 4. The second-order valence-electron chi connectivity index (χ2n) is 3.87. The highest BCUT2D eigenvalue weighted by Crippen LogP contribution is 2.19. The van der Waals surface area contributed by atoms with Crippen molar-refractivity contribution in [2.24, 2.45) is 0 Å². The maximum absolute atomic E-state index is 11.7. The second kappa shape index (κ2) is 6.15. The van der Waals surface area contributed by atoms with Gasteiger partial charge in [-0.2, -0.15) is 0 Å². The quantitative estimate of drug-likeness (QED) is 0.918. The van der Waals surface area contributed by atoms with Crippen molar-refractivity contribution in [3.63, 3.8) is 0 Å². The van der Waals surface area contributed by atoms with E-state index in [1.54, 1.807) is 34.2 Å². The van der Waals surface area contributed by atoms with Gasteiger partial charge in [0.25, 0.3) is 5.56 Å². The number of halogens is 1. The highest BCUT2D eigenvalue weighted by atomic mass is 79.9. The molecule has 0 unspecified atom stereocenters. The van der Waals surface area contributed by atoms with Gasteiger partial charge in [-0.15, -0.1) is 11.3 Å². The van der Waals surface area contributed by atoms with Crippen molar-refractivity contribution in [3.8, 4) is 0 Å². The van der Waals surface area contributed by atoms with E-state index in [9.17, 15) is 4.79 Å². The van der Waals surface area contributed by atoms with Crippen LogP contribution in [0.5, 0.6) is 0 Å². The van der Waals surface area contributed by atoms with Crippen LogP contribution in [0.2, 0.25) is 0 Å². The number of thiazole rings is 1. The van der Waals surface area contributed by atoms with Crippen LogP contribution in [0, 0.1) is 0 Å². The van der Waals surface area contributed by atoms with Gasteiger partial charge in [0.2, 0.25) is 0 Å². The second-order valence-corrected chi connectivity index (χ2v) is 5.90. The molecule has 2 aromatic heterocycles. The number of anilines is 1. The highest BCUT2D eigenvalue weighted by Gasteiger charge is 2.03. The third-order valence-electron chi connectivity index (χ3n) is 2.35. The van der Waals surface area contributed by atoms with Crippen LogP contribution in [-0.2, 0) is 6.54 Å². The Morgan fingerprint density at radius 2 is 2.33 bits per heavy atom. The molecule has 0 aliphatic carbocycles. The van der Waals surface area contributed by atoms with Crippen molar-refractivity contribution < 1.29 is 0 Å². The average molecular weight is 328 g/mol. The molecule has 0 spiro atoms. The van der Waals surface area contributed by atoms with Crippen LogP contribution < -0.4 is 10.9 Å². The normalized spacial score (nSPS) is 10.6. The number of nitrogens with one attached hydrogen (secondary N) is 1. The molecule has 96 valence electrons. The topological polar surface area (TPSA) is 46.9 Å². The van der Waals surface area contributed by atoms with Crippen LogP contribution in [0.15, 0.2) is 33.8 Å².